The number of nitrogens with zero attached hydrogens (tertiary/aromatic N) is 1. The van der Waals surface area contributed by atoms with Crippen LogP contribution >= 0.6 is 0 Å². The molecule has 0 unspecified atom stereocenters. The van der Waals surface area contributed by atoms with E-state index in [1.54, 1.807) is 11.9 Å². The number of carbonyl (C=O) groups is 2. The highest BCUT2D eigenvalue weighted by Crippen LogP contribution is 2.37. The molecule has 5 heteroatoms. The minimum absolute atomic E-state index is 0.184. The van der Waals surface area contributed by atoms with Crippen molar-refractivity contribution in [2.24, 2.45) is 11.3 Å². The largest absolute Gasteiger partial charge is 0.481 e. The van der Waals surface area contributed by atoms with Crippen molar-refractivity contribution in [2.75, 3.05) is 20.1 Å². The first kappa shape index (κ1) is 14.8. The summed E-state index contributed by atoms with van der Waals surface area (Å²) in [6, 6.07) is -0.184. The molecule has 0 heterocycles. The fourth-order valence-corrected chi connectivity index (χ4v) is 2.53. The van der Waals surface area contributed by atoms with Gasteiger partial charge in [0, 0.05) is 20.1 Å². The van der Waals surface area contributed by atoms with Gasteiger partial charge in [0.1, 0.15) is 0 Å². The molecule has 1 fully saturated rings. The maximum atomic E-state index is 11.8. The summed E-state index contributed by atoms with van der Waals surface area (Å²) in [5.74, 6) is -0.382. The first-order valence-electron chi connectivity index (χ1n) is 6.60. The highest BCUT2D eigenvalue weighted by Gasteiger charge is 2.41. The van der Waals surface area contributed by atoms with Crippen LogP contribution in [0.15, 0.2) is 0 Å². The zero-order valence-corrected chi connectivity index (χ0v) is 11.5. The van der Waals surface area contributed by atoms with E-state index < -0.39 is 11.4 Å². The standard InChI is InChI=1S/C13H24N2O3/c1-10(2)8-15(3)12(18)14-9-13(11(16)17)6-4-5-7-13/h10H,4-9H2,1-3H3,(H,14,18)(H,16,17). The van der Waals surface area contributed by atoms with Crippen molar-refractivity contribution in [3.63, 3.8) is 0 Å². The van der Waals surface area contributed by atoms with Gasteiger partial charge in [-0.25, -0.2) is 4.79 Å². The van der Waals surface area contributed by atoms with Crippen molar-refractivity contribution in [1.29, 1.82) is 0 Å². The molecule has 18 heavy (non-hydrogen) atoms. The molecule has 0 spiro atoms. The zero-order valence-electron chi connectivity index (χ0n) is 11.5. The van der Waals surface area contributed by atoms with Crippen molar-refractivity contribution in [3.8, 4) is 0 Å². The van der Waals surface area contributed by atoms with Gasteiger partial charge in [0.15, 0.2) is 0 Å². The molecule has 1 aliphatic carbocycles. The molecule has 1 aliphatic rings. The number of nitrogens with one attached hydrogen (secondary N) is 1. The quantitative estimate of drug-likeness (QED) is 0.789. The third-order valence-electron chi connectivity index (χ3n) is 3.58. The highest BCUT2D eigenvalue weighted by atomic mass is 16.4. The molecular formula is C13H24N2O3. The Labute approximate surface area is 109 Å². The Morgan fingerprint density at radius 2 is 1.89 bits per heavy atom. The van der Waals surface area contributed by atoms with E-state index in [0.717, 1.165) is 12.8 Å². The van der Waals surface area contributed by atoms with Crippen LogP contribution in [-0.4, -0.2) is 42.1 Å². The number of carboxylic acids is 1. The second-order valence-electron chi connectivity index (χ2n) is 5.73. The van der Waals surface area contributed by atoms with Crippen LogP contribution in [-0.2, 0) is 4.79 Å². The first-order valence-corrected chi connectivity index (χ1v) is 6.60. The van der Waals surface area contributed by atoms with E-state index in [9.17, 15) is 14.7 Å². The monoisotopic (exact) mass is 256 g/mol. The maximum Gasteiger partial charge on any atom is 0.317 e. The molecule has 1 saturated carbocycles. The number of carbonyl (C=O) groups excluding carboxylic acids is 1. The summed E-state index contributed by atoms with van der Waals surface area (Å²) in [4.78, 5) is 24.7. The molecule has 0 atom stereocenters. The fraction of sp³-hybridized carbons (Fsp3) is 0.846. The Hall–Kier alpha value is -1.26. The van der Waals surface area contributed by atoms with Gasteiger partial charge in [-0.05, 0) is 18.8 Å². The first-order chi connectivity index (χ1) is 8.37. The molecule has 0 aromatic rings. The Morgan fingerprint density at radius 1 is 1.33 bits per heavy atom. The molecule has 5 nitrogen and oxygen atoms in total. The smallest absolute Gasteiger partial charge is 0.317 e. The van der Waals surface area contributed by atoms with Crippen molar-refractivity contribution in [3.05, 3.63) is 0 Å². The van der Waals surface area contributed by atoms with Crippen LogP contribution in [0, 0.1) is 11.3 Å². The summed E-state index contributed by atoms with van der Waals surface area (Å²) in [5.41, 5.74) is -0.742. The van der Waals surface area contributed by atoms with E-state index in [2.05, 4.69) is 5.32 Å². The number of hydrogen-bond donors (Lipinski definition) is 2. The second-order valence-corrected chi connectivity index (χ2v) is 5.73. The summed E-state index contributed by atoms with van der Waals surface area (Å²) in [6.45, 7) is 4.99. The number of hydrogen-bond acceptors (Lipinski definition) is 2. The Balaban J connectivity index is 2.48. The van der Waals surface area contributed by atoms with E-state index >= 15 is 0 Å². The third-order valence-corrected chi connectivity index (χ3v) is 3.58. The molecule has 0 aromatic carbocycles. The lowest BCUT2D eigenvalue weighted by molar-refractivity contribution is -0.148. The van der Waals surface area contributed by atoms with Gasteiger partial charge in [-0.3, -0.25) is 4.79 Å². The van der Waals surface area contributed by atoms with E-state index in [-0.39, 0.29) is 12.6 Å². The van der Waals surface area contributed by atoms with E-state index in [0.29, 0.717) is 25.3 Å². The minimum atomic E-state index is -0.785. The fourth-order valence-electron chi connectivity index (χ4n) is 2.53. The molecule has 0 aliphatic heterocycles. The lowest BCUT2D eigenvalue weighted by atomic mass is 9.86. The second kappa shape index (κ2) is 6.07. The van der Waals surface area contributed by atoms with Gasteiger partial charge < -0.3 is 15.3 Å². The highest BCUT2D eigenvalue weighted by molar-refractivity contribution is 5.78. The van der Waals surface area contributed by atoms with Crippen molar-refractivity contribution >= 4 is 12.0 Å². The van der Waals surface area contributed by atoms with Gasteiger partial charge in [-0.15, -0.1) is 0 Å². The topological polar surface area (TPSA) is 69.6 Å². The summed E-state index contributed by atoms with van der Waals surface area (Å²) in [7, 11) is 1.73. The lowest BCUT2D eigenvalue weighted by Crippen LogP contribution is -2.46. The van der Waals surface area contributed by atoms with Crippen molar-refractivity contribution in [2.45, 2.75) is 39.5 Å². The summed E-state index contributed by atoms with van der Waals surface area (Å²) >= 11 is 0. The van der Waals surface area contributed by atoms with Gasteiger partial charge in [0.05, 0.1) is 5.41 Å². The molecule has 0 saturated heterocycles. The maximum absolute atomic E-state index is 11.8. The number of urea groups is 1. The predicted octanol–water partition coefficient (Wildman–Crippen LogP) is 1.93. The van der Waals surface area contributed by atoms with E-state index in [4.69, 9.17) is 0 Å². The van der Waals surface area contributed by atoms with Crippen LogP contribution in [0.25, 0.3) is 0 Å². The third kappa shape index (κ3) is 3.62. The van der Waals surface area contributed by atoms with Crippen LogP contribution < -0.4 is 5.32 Å². The average molecular weight is 256 g/mol. The van der Waals surface area contributed by atoms with Crippen LogP contribution in [0.4, 0.5) is 4.79 Å². The van der Waals surface area contributed by atoms with Gasteiger partial charge in [-0.2, -0.15) is 0 Å². The Kier molecular flexibility index (Phi) is 4.99. The van der Waals surface area contributed by atoms with E-state index in [1.165, 1.54) is 0 Å². The predicted molar refractivity (Wildman–Crippen MR) is 69.4 cm³/mol. The van der Waals surface area contributed by atoms with Crippen molar-refractivity contribution in [1.82, 2.24) is 10.2 Å². The average Bonchev–Trinajstić information content (AvgIpc) is 2.74. The normalized spacial score (nSPS) is 17.8. The summed E-state index contributed by atoms with van der Waals surface area (Å²) in [6.07, 6.45) is 3.20. The van der Waals surface area contributed by atoms with Gasteiger partial charge in [-0.1, -0.05) is 26.7 Å². The molecule has 0 bridgehead atoms. The molecule has 104 valence electrons. The number of carboxylic acid groups (broad SMARTS) is 1. The molecule has 0 radical (unpaired) electrons. The lowest BCUT2D eigenvalue weighted by Gasteiger charge is -2.26. The number of rotatable bonds is 5. The molecule has 2 N–H and O–H groups in total. The molecular weight excluding hydrogens is 232 g/mol. The summed E-state index contributed by atoms with van der Waals surface area (Å²) in [5, 5.41) is 12.1. The minimum Gasteiger partial charge on any atom is -0.481 e. The van der Waals surface area contributed by atoms with Gasteiger partial charge in [0.25, 0.3) is 0 Å². The number of aliphatic carboxylic acids is 1. The zero-order chi connectivity index (χ0) is 13.8. The number of amides is 2. The van der Waals surface area contributed by atoms with Crippen LogP contribution in [0.5, 0.6) is 0 Å². The van der Waals surface area contributed by atoms with Gasteiger partial charge >= 0.3 is 12.0 Å². The Morgan fingerprint density at radius 3 is 2.33 bits per heavy atom. The molecule has 2 amide bonds. The Bertz CT molecular complexity index is 309. The van der Waals surface area contributed by atoms with Crippen molar-refractivity contribution < 1.29 is 14.7 Å². The van der Waals surface area contributed by atoms with Crippen LogP contribution in [0.3, 0.4) is 0 Å². The summed E-state index contributed by atoms with van der Waals surface area (Å²) < 4.78 is 0. The van der Waals surface area contributed by atoms with Crippen LogP contribution in [0.2, 0.25) is 0 Å². The van der Waals surface area contributed by atoms with Crippen LogP contribution in [0.1, 0.15) is 39.5 Å². The molecule has 1 rings (SSSR count). The SMILES string of the molecule is CC(C)CN(C)C(=O)NCC1(C(=O)O)CCCC1. The van der Waals surface area contributed by atoms with E-state index in [1.807, 2.05) is 13.8 Å². The molecule has 0 aromatic heterocycles. The van der Waals surface area contributed by atoms with Gasteiger partial charge in [0.2, 0.25) is 0 Å².